The number of aromatic nitrogens is 4. The molecule has 58 heavy (non-hydrogen) atoms. The first-order valence-corrected chi connectivity index (χ1v) is 17.3. The second-order valence-electron chi connectivity index (χ2n) is 10.1. The third kappa shape index (κ3) is 69.5. The number of hydrogen-bond acceptors (Lipinski definition) is 12. The molecule has 4 aromatic heterocycles. The maximum atomic E-state index is 9.98. The van der Waals surface area contributed by atoms with Crippen molar-refractivity contribution >= 4 is 69.5 Å². The van der Waals surface area contributed by atoms with Crippen LogP contribution in [0.2, 0.25) is 20.1 Å². The monoisotopic (exact) mass is 966 g/mol. The summed E-state index contributed by atoms with van der Waals surface area (Å²) in [6.45, 7) is 10.8. The number of rotatable bonds is 4. The minimum Gasteiger partial charge on any atom is -0.876 e. The number of pyridine rings is 4. The van der Waals surface area contributed by atoms with E-state index in [2.05, 4.69) is 19.9 Å². The first-order valence-electron chi connectivity index (χ1n) is 15.7. The zero-order chi connectivity index (χ0) is 43.9. The van der Waals surface area contributed by atoms with Crippen molar-refractivity contribution in [3.63, 3.8) is 0 Å². The summed E-state index contributed by atoms with van der Waals surface area (Å²) >= 11 is 21.9. The standard InChI is InChI=1S/4C5H4ClN.4C5H8O2.2Co/c4*6-5-2-1-3-7-4-5;4*1-4(6)3-5(2)7;;/h4*1-4H;4*3,6H,1-2H3;;/q;;;;;;;;2*+2/p-4/b;;;;4*4-3-;;. The van der Waals surface area contributed by atoms with Crippen LogP contribution in [0.5, 0.6) is 0 Å². The molecule has 0 bridgehead atoms. The Morgan fingerprint density at radius 2 is 0.552 bits per heavy atom. The van der Waals surface area contributed by atoms with E-state index < -0.39 is 0 Å². The van der Waals surface area contributed by atoms with Gasteiger partial charge in [0.1, 0.15) is 0 Å². The molecule has 0 aromatic carbocycles. The molecule has 12 nitrogen and oxygen atoms in total. The minimum atomic E-state index is -0.187. The van der Waals surface area contributed by atoms with E-state index in [1.54, 1.807) is 98.1 Å². The fourth-order valence-electron chi connectivity index (χ4n) is 2.51. The first kappa shape index (κ1) is 65.5. The van der Waals surface area contributed by atoms with Crippen LogP contribution in [0.25, 0.3) is 0 Å². The Morgan fingerprint density at radius 1 is 0.397 bits per heavy atom. The van der Waals surface area contributed by atoms with Crippen molar-refractivity contribution in [1.29, 1.82) is 0 Å². The summed E-state index contributed by atoms with van der Waals surface area (Å²) in [6, 6.07) is 14.3. The van der Waals surface area contributed by atoms with E-state index in [4.69, 9.17) is 46.4 Å². The van der Waals surface area contributed by atoms with Crippen LogP contribution in [0.3, 0.4) is 0 Å². The molecule has 0 saturated carbocycles. The third-order valence-electron chi connectivity index (χ3n) is 4.13. The number of carbonyl (C=O) groups is 4. The van der Waals surface area contributed by atoms with E-state index in [0.29, 0.717) is 20.1 Å². The SMILES string of the molecule is CC(=O)/C=C(/C)[O-].CC(=O)/C=C(/C)[O-].CC(=O)/C=C(/C)[O-].CC(=O)/C=C(/C)[O-].Clc1cccnc1.Clc1cccnc1.Clc1cccnc1.Clc1cccnc1.[Co+2].[Co+2]. The summed E-state index contributed by atoms with van der Waals surface area (Å²) in [5.41, 5.74) is 0. The van der Waals surface area contributed by atoms with Gasteiger partial charge in [-0.15, -0.1) is 23.0 Å². The number of allylic oxidation sites excluding steroid dienone is 8. The maximum Gasteiger partial charge on any atom is 2.00 e. The summed E-state index contributed by atoms with van der Waals surface area (Å²) in [6.07, 6.45) is 17.4. The molecule has 4 heterocycles. The molecule has 4 aromatic rings. The van der Waals surface area contributed by atoms with E-state index >= 15 is 0 Å². The van der Waals surface area contributed by atoms with Crippen molar-refractivity contribution < 1.29 is 73.2 Å². The number of nitrogens with zero attached hydrogens (tertiary/aromatic N) is 4. The molecule has 2 radical (unpaired) electrons. The van der Waals surface area contributed by atoms with Crippen molar-refractivity contribution in [3.8, 4) is 0 Å². The van der Waals surface area contributed by atoms with Gasteiger partial charge in [-0.3, -0.25) is 39.1 Å². The van der Waals surface area contributed by atoms with Gasteiger partial charge in [0.25, 0.3) is 0 Å². The Balaban J connectivity index is -0.000000133. The van der Waals surface area contributed by atoms with Crippen molar-refractivity contribution in [1.82, 2.24) is 19.9 Å². The summed E-state index contributed by atoms with van der Waals surface area (Å²) in [5, 5.41) is 42.6. The predicted octanol–water partition coefficient (Wildman–Crippen LogP) is 6.29. The van der Waals surface area contributed by atoms with Crippen molar-refractivity contribution in [2.45, 2.75) is 55.4 Å². The quantitative estimate of drug-likeness (QED) is 0.163. The number of ketones is 4. The second-order valence-corrected chi connectivity index (χ2v) is 11.9. The number of hydrogen-bond donors (Lipinski definition) is 0. The average Bonchev–Trinajstić information content (AvgIpc) is 3.06. The van der Waals surface area contributed by atoms with Gasteiger partial charge in [-0.25, -0.2) is 0 Å². The van der Waals surface area contributed by atoms with Gasteiger partial charge < -0.3 is 20.4 Å². The van der Waals surface area contributed by atoms with Crippen LogP contribution in [0.15, 0.2) is 145 Å². The Hall–Kier alpha value is -4.39. The van der Waals surface area contributed by atoms with Gasteiger partial charge in [0.05, 0.1) is 20.1 Å². The number of halogens is 4. The Morgan fingerprint density at radius 3 is 0.586 bits per heavy atom. The largest absolute Gasteiger partial charge is 2.00 e. The van der Waals surface area contributed by atoms with Crippen LogP contribution < -0.4 is 20.4 Å². The topological polar surface area (TPSA) is 212 Å². The van der Waals surface area contributed by atoms with Gasteiger partial charge in [-0.1, -0.05) is 74.1 Å². The average molecular weight is 968 g/mol. The molecule has 0 aliphatic rings. The zero-order valence-electron chi connectivity index (χ0n) is 32.8. The molecule has 0 N–H and O–H groups in total. The van der Waals surface area contributed by atoms with Crippen LogP contribution in [0.1, 0.15) is 55.4 Å². The summed E-state index contributed by atoms with van der Waals surface area (Å²) < 4.78 is 0. The van der Waals surface area contributed by atoms with Gasteiger partial charge in [-0.2, -0.15) is 0 Å². The molecule has 18 heteroatoms. The molecular formula is C40H44Cl4Co2N4O8. The number of carbonyl (C=O) groups excluding carboxylic acids is 4. The van der Waals surface area contributed by atoms with Gasteiger partial charge >= 0.3 is 33.6 Å². The van der Waals surface area contributed by atoms with Crippen LogP contribution in [-0.2, 0) is 52.7 Å². The minimum absolute atomic E-state index is 0. The van der Waals surface area contributed by atoms with Crippen LogP contribution in [0, 0.1) is 0 Å². The molecule has 0 saturated heterocycles. The Bertz CT molecular complexity index is 1500. The molecule has 0 amide bonds. The maximum absolute atomic E-state index is 9.98. The third-order valence-corrected chi connectivity index (χ3v) is 5.02. The Kier molecular flexibility index (Phi) is 51.1. The smallest absolute Gasteiger partial charge is 0.876 e. The molecule has 0 aliphatic carbocycles. The fourth-order valence-corrected chi connectivity index (χ4v) is 3.03. The normalized spacial score (nSPS) is 9.72. The van der Waals surface area contributed by atoms with Crippen LogP contribution in [0.4, 0.5) is 0 Å². The molecule has 0 unspecified atom stereocenters. The van der Waals surface area contributed by atoms with Crippen molar-refractivity contribution in [2.24, 2.45) is 0 Å². The van der Waals surface area contributed by atoms with Crippen LogP contribution >= 0.6 is 46.4 Å². The van der Waals surface area contributed by atoms with E-state index in [0.717, 1.165) is 24.3 Å². The zero-order valence-corrected chi connectivity index (χ0v) is 37.9. The second kappa shape index (κ2) is 45.3. The van der Waals surface area contributed by atoms with E-state index in [9.17, 15) is 39.6 Å². The van der Waals surface area contributed by atoms with E-state index in [1.165, 1.54) is 55.4 Å². The molecule has 4 rings (SSSR count). The molecule has 0 atom stereocenters. The summed E-state index contributed by atoms with van der Waals surface area (Å²) in [5.74, 6) is -1.50. The fraction of sp³-hybridized carbons (Fsp3) is 0.200. The van der Waals surface area contributed by atoms with E-state index in [1.807, 2.05) is 0 Å². The van der Waals surface area contributed by atoms with E-state index in [-0.39, 0.29) is 79.7 Å². The van der Waals surface area contributed by atoms with Gasteiger partial charge in [0, 0.05) is 49.6 Å². The molecule has 0 aliphatic heterocycles. The van der Waals surface area contributed by atoms with Crippen molar-refractivity contribution in [2.75, 3.05) is 0 Å². The molecule has 318 valence electrons. The molecular weight excluding hydrogens is 924 g/mol. The predicted molar refractivity (Wildman–Crippen MR) is 215 cm³/mol. The van der Waals surface area contributed by atoms with Gasteiger partial charge in [0.2, 0.25) is 0 Å². The first-order chi connectivity index (χ1) is 26.1. The van der Waals surface area contributed by atoms with Crippen LogP contribution in [-0.4, -0.2) is 43.1 Å². The van der Waals surface area contributed by atoms with Gasteiger partial charge in [-0.05, 0) is 101 Å². The molecule has 0 fully saturated rings. The summed E-state index contributed by atoms with van der Waals surface area (Å²) in [7, 11) is 0. The Labute approximate surface area is 381 Å². The van der Waals surface area contributed by atoms with Gasteiger partial charge in [0.15, 0.2) is 23.1 Å². The summed E-state index contributed by atoms with van der Waals surface area (Å²) in [4.78, 5) is 54.9. The molecule has 0 spiro atoms. The van der Waals surface area contributed by atoms with Crippen molar-refractivity contribution in [3.05, 3.63) is 166 Å².